The summed E-state index contributed by atoms with van der Waals surface area (Å²) in [4.78, 5) is 5.76. The molecule has 1 fully saturated rings. The Morgan fingerprint density at radius 2 is 2.14 bits per heavy atom. The van der Waals surface area contributed by atoms with Crippen molar-refractivity contribution in [3.8, 4) is 10.6 Å². The largest absolute Gasteiger partial charge is 0.353 e. The van der Waals surface area contributed by atoms with E-state index in [1.54, 1.807) is 11.3 Å². The van der Waals surface area contributed by atoms with Crippen molar-refractivity contribution >= 4 is 22.9 Å². The SMILES string of the molecule is ClCc1sc(-c2ccccc2)nc1COC1CCCCO1. The van der Waals surface area contributed by atoms with Crippen LogP contribution in [0.2, 0.25) is 0 Å². The van der Waals surface area contributed by atoms with E-state index in [0.717, 1.165) is 40.6 Å². The molecule has 5 heteroatoms. The predicted octanol–water partition coefficient (Wildman–Crippen LogP) is 4.59. The summed E-state index contributed by atoms with van der Waals surface area (Å²) in [5, 5.41) is 0.995. The summed E-state index contributed by atoms with van der Waals surface area (Å²) in [5.74, 6) is 0.467. The molecule has 112 valence electrons. The molecule has 1 saturated heterocycles. The third kappa shape index (κ3) is 3.83. The van der Waals surface area contributed by atoms with Gasteiger partial charge in [0.15, 0.2) is 6.29 Å². The third-order valence-electron chi connectivity index (χ3n) is 3.46. The molecule has 0 aliphatic carbocycles. The first-order valence-electron chi connectivity index (χ1n) is 7.20. The van der Waals surface area contributed by atoms with Gasteiger partial charge in [0.25, 0.3) is 0 Å². The molecule has 0 bridgehead atoms. The number of nitrogens with zero attached hydrogens (tertiary/aromatic N) is 1. The van der Waals surface area contributed by atoms with Gasteiger partial charge in [0, 0.05) is 17.0 Å². The molecule has 1 aliphatic rings. The minimum absolute atomic E-state index is 0.0937. The number of halogens is 1. The number of benzene rings is 1. The van der Waals surface area contributed by atoms with Crippen LogP contribution in [0.1, 0.15) is 29.8 Å². The molecule has 1 aromatic carbocycles. The quantitative estimate of drug-likeness (QED) is 0.754. The molecule has 2 aromatic rings. The molecule has 2 heterocycles. The predicted molar refractivity (Wildman–Crippen MR) is 85.5 cm³/mol. The van der Waals surface area contributed by atoms with Gasteiger partial charge < -0.3 is 9.47 Å². The summed E-state index contributed by atoms with van der Waals surface area (Å²) in [6, 6.07) is 10.2. The van der Waals surface area contributed by atoms with E-state index in [4.69, 9.17) is 21.1 Å². The lowest BCUT2D eigenvalue weighted by Gasteiger charge is -2.22. The molecule has 1 atom stereocenters. The van der Waals surface area contributed by atoms with E-state index in [1.807, 2.05) is 18.2 Å². The van der Waals surface area contributed by atoms with Crippen LogP contribution in [0.25, 0.3) is 10.6 Å². The van der Waals surface area contributed by atoms with Gasteiger partial charge in [-0.2, -0.15) is 0 Å². The van der Waals surface area contributed by atoms with E-state index in [1.165, 1.54) is 6.42 Å². The van der Waals surface area contributed by atoms with Gasteiger partial charge >= 0.3 is 0 Å². The number of hydrogen-bond donors (Lipinski definition) is 0. The number of ether oxygens (including phenoxy) is 2. The fraction of sp³-hybridized carbons (Fsp3) is 0.438. The zero-order valence-electron chi connectivity index (χ0n) is 11.8. The van der Waals surface area contributed by atoms with Crippen molar-refractivity contribution < 1.29 is 9.47 Å². The van der Waals surface area contributed by atoms with Crippen molar-refractivity contribution in [3.05, 3.63) is 40.9 Å². The van der Waals surface area contributed by atoms with Gasteiger partial charge in [0.1, 0.15) is 5.01 Å². The van der Waals surface area contributed by atoms with Crippen molar-refractivity contribution in [1.29, 1.82) is 0 Å². The maximum absolute atomic E-state index is 6.04. The van der Waals surface area contributed by atoms with Gasteiger partial charge in [0.2, 0.25) is 0 Å². The minimum Gasteiger partial charge on any atom is -0.353 e. The molecule has 21 heavy (non-hydrogen) atoms. The standard InChI is InChI=1S/C16H18ClNO2S/c17-10-14-13(11-20-15-8-4-5-9-19-15)18-16(21-14)12-6-2-1-3-7-12/h1-3,6-7,15H,4-5,8-11H2. The van der Waals surface area contributed by atoms with Crippen LogP contribution in [0.5, 0.6) is 0 Å². The van der Waals surface area contributed by atoms with Crippen LogP contribution in [0.15, 0.2) is 30.3 Å². The second-order valence-electron chi connectivity index (χ2n) is 5.00. The lowest BCUT2D eigenvalue weighted by molar-refractivity contribution is -0.169. The molecule has 1 unspecified atom stereocenters. The smallest absolute Gasteiger partial charge is 0.158 e. The van der Waals surface area contributed by atoms with E-state index >= 15 is 0 Å². The van der Waals surface area contributed by atoms with Gasteiger partial charge in [-0.1, -0.05) is 30.3 Å². The second kappa shape index (κ2) is 7.36. The first-order chi connectivity index (χ1) is 10.4. The van der Waals surface area contributed by atoms with Gasteiger partial charge in [-0.3, -0.25) is 0 Å². The fourth-order valence-corrected chi connectivity index (χ4v) is 3.56. The topological polar surface area (TPSA) is 31.4 Å². The highest BCUT2D eigenvalue weighted by atomic mass is 35.5. The monoisotopic (exact) mass is 323 g/mol. The number of hydrogen-bond acceptors (Lipinski definition) is 4. The molecular weight excluding hydrogens is 306 g/mol. The highest BCUT2D eigenvalue weighted by molar-refractivity contribution is 7.15. The molecule has 3 nitrogen and oxygen atoms in total. The van der Waals surface area contributed by atoms with Crippen LogP contribution < -0.4 is 0 Å². The fourth-order valence-electron chi connectivity index (χ4n) is 2.32. The molecular formula is C16H18ClNO2S. The van der Waals surface area contributed by atoms with Gasteiger partial charge in [-0.25, -0.2) is 4.98 Å². The van der Waals surface area contributed by atoms with Crippen molar-refractivity contribution in [2.75, 3.05) is 6.61 Å². The highest BCUT2D eigenvalue weighted by Gasteiger charge is 2.17. The molecule has 0 N–H and O–H groups in total. The summed E-state index contributed by atoms with van der Waals surface area (Å²) in [7, 11) is 0. The first kappa shape index (κ1) is 15.0. The van der Waals surface area contributed by atoms with Gasteiger partial charge in [-0.15, -0.1) is 22.9 Å². The summed E-state index contributed by atoms with van der Waals surface area (Å²) >= 11 is 7.67. The van der Waals surface area contributed by atoms with Crippen LogP contribution in [-0.2, 0) is 22.0 Å². The Morgan fingerprint density at radius 1 is 1.29 bits per heavy atom. The van der Waals surface area contributed by atoms with Gasteiger partial charge in [-0.05, 0) is 19.3 Å². The molecule has 0 spiro atoms. The minimum atomic E-state index is -0.0937. The molecule has 0 saturated carbocycles. The van der Waals surface area contributed by atoms with Crippen LogP contribution in [0, 0.1) is 0 Å². The lowest BCUT2D eigenvalue weighted by atomic mass is 10.2. The number of alkyl halides is 1. The Kier molecular flexibility index (Phi) is 5.25. The van der Waals surface area contributed by atoms with Crippen LogP contribution in [0.4, 0.5) is 0 Å². The van der Waals surface area contributed by atoms with E-state index < -0.39 is 0 Å². The Balaban J connectivity index is 1.71. The summed E-state index contributed by atoms with van der Waals surface area (Å²) in [5.41, 5.74) is 2.05. The van der Waals surface area contributed by atoms with Crippen molar-refractivity contribution in [1.82, 2.24) is 4.98 Å². The normalized spacial score (nSPS) is 18.8. The number of aromatic nitrogens is 1. The van der Waals surface area contributed by atoms with E-state index in [2.05, 4.69) is 17.1 Å². The molecule has 0 radical (unpaired) electrons. The Labute approximate surface area is 133 Å². The van der Waals surface area contributed by atoms with Crippen LogP contribution >= 0.6 is 22.9 Å². The van der Waals surface area contributed by atoms with E-state index in [-0.39, 0.29) is 6.29 Å². The zero-order valence-corrected chi connectivity index (χ0v) is 13.3. The molecule has 1 aromatic heterocycles. The van der Waals surface area contributed by atoms with Crippen LogP contribution in [-0.4, -0.2) is 17.9 Å². The van der Waals surface area contributed by atoms with Crippen molar-refractivity contribution in [3.63, 3.8) is 0 Å². The third-order valence-corrected chi connectivity index (χ3v) is 5.04. The Bertz CT molecular complexity index is 567. The maximum Gasteiger partial charge on any atom is 0.158 e. The number of rotatable bonds is 5. The average Bonchev–Trinajstić information content (AvgIpc) is 2.98. The Morgan fingerprint density at radius 3 is 2.86 bits per heavy atom. The van der Waals surface area contributed by atoms with Gasteiger partial charge in [0.05, 0.1) is 18.2 Å². The van der Waals surface area contributed by atoms with E-state index in [9.17, 15) is 0 Å². The van der Waals surface area contributed by atoms with Crippen LogP contribution in [0.3, 0.4) is 0 Å². The summed E-state index contributed by atoms with van der Waals surface area (Å²) in [6.45, 7) is 1.26. The molecule has 3 rings (SSSR count). The average molecular weight is 324 g/mol. The number of thiazole rings is 1. The second-order valence-corrected chi connectivity index (χ2v) is 6.35. The molecule has 1 aliphatic heterocycles. The lowest BCUT2D eigenvalue weighted by Crippen LogP contribution is -2.22. The highest BCUT2D eigenvalue weighted by Crippen LogP contribution is 2.30. The van der Waals surface area contributed by atoms with Crippen molar-refractivity contribution in [2.45, 2.75) is 38.0 Å². The van der Waals surface area contributed by atoms with Crippen molar-refractivity contribution in [2.24, 2.45) is 0 Å². The van der Waals surface area contributed by atoms with E-state index in [0.29, 0.717) is 12.5 Å². The molecule has 0 amide bonds. The Hall–Kier alpha value is -0.940. The summed E-state index contributed by atoms with van der Waals surface area (Å²) in [6.07, 6.45) is 3.16. The summed E-state index contributed by atoms with van der Waals surface area (Å²) < 4.78 is 11.4. The zero-order chi connectivity index (χ0) is 14.5. The maximum atomic E-state index is 6.04. The first-order valence-corrected chi connectivity index (χ1v) is 8.55.